The zero-order valence-corrected chi connectivity index (χ0v) is 16.4. The highest BCUT2D eigenvalue weighted by atomic mass is 35.5. The van der Waals surface area contributed by atoms with Crippen LogP contribution >= 0.6 is 11.6 Å². The van der Waals surface area contributed by atoms with Gasteiger partial charge in [0, 0.05) is 34.1 Å². The van der Waals surface area contributed by atoms with Gasteiger partial charge >= 0.3 is 7.12 Å². The van der Waals surface area contributed by atoms with Crippen LogP contribution in [0.3, 0.4) is 0 Å². The van der Waals surface area contributed by atoms with Crippen LogP contribution in [0.15, 0.2) is 54.7 Å². The fourth-order valence-electron chi connectivity index (χ4n) is 3.40. The first-order valence-corrected chi connectivity index (χ1v) is 9.33. The number of fused-ring (bicyclic) bond motifs is 1. The highest BCUT2D eigenvalue weighted by Gasteiger charge is 2.52. The summed E-state index contributed by atoms with van der Waals surface area (Å²) in [5.41, 5.74) is 2.55. The number of rotatable bonds is 3. The van der Waals surface area contributed by atoms with Gasteiger partial charge in [0.1, 0.15) is 0 Å². The third-order valence-corrected chi connectivity index (χ3v) is 5.90. The molecule has 1 aliphatic rings. The van der Waals surface area contributed by atoms with Crippen molar-refractivity contribution in [3.05, 3.63) is 65.3 Å². The number of aromatic nitrogens is 1. The average Bonchev–Trinajstić information content (AvgIpc) is 3.04. The number of benzene rings is 2. The van der Waals surface area contributed by atoms with E-state index < -0.39 is 7.12 Å². The lowest BCUT2D eigenvalue weighted by Gasteiger charge is -2.32. The van der Waals surface area contributed by atoms with Gasteiger partial charge in [-0.1, -0.05) is 48.0 Å². The molecule has 134 valence electrons. The van der Waals surface area contributed by atoms with Crippen molar-refractivity contribution < 1.29 is 9.31 Å². The lowest BCUT2D eigenvalue weighted by atomic mass is 9.79. The molecule has 26 heavy (non-hydrogen) atoms. The fourth-order valence-corrected chi connectivity index (χ4v) is 3.68. The first kappa shape index (κ1) is 17.7. The van der Waals surface area contributed by atoms with E-state index in [4.69, 9.17) is 20.9 Å². The highest BCUT2D eigenvalue weighted by Crippen LogP contribution is 2.37. The van der Waals surface area contributed by atoms with Gasteiger partial charge in [-0.15, -0.1) is 0 Å². The van der Waals surface area contributed by atoms with E-state index >= 15 is 0 Å². The van der Waals surface area contributed by atoms with Crippen molar-refractivity contribution in [2.75, 3.05) is 0 Å². The van der Waals surface area contributed by atoms with Gasteiger partial charge < -0.3 is 13.9 Å². The summed E-state index contributed by atoms with van der Waals surface area (Å²) in [6, 6.07) is 16.4. The minimum atomic E-state index is -0.431. The molecule has 0 bridgehead atoms. The van der Waals surface area contributed by atoms with Crippen molar-refractivity contribution in [3.8, 4) is 0 Å². The predicted octanol–water partition coefficient (Wildman–Crippen LogP) is 4.64. The van der Waals surface area contributed by atoms with Crippen LogP contribution in [0.5, 0.6) is 0 Å². The van der Waals surface area contributed by atoms with E-state index in [0.29, 0.717) is 0 Å². The first-order chi connectivity index (χ1) is 12.3. The monoisotopic (exact) mass is 367 g/mol. The van der Waals surface area contributed by atoms with E-state index in [1.165, 1.54) is 5.56 Å². The third kappa shape index (κ3) is 2.86. The minimum absolute atomic E-state index is 0.382. The van der Waals surface area contributed by atoms with E-state index in [1.807, 2.05) is 18.2 Å². The van der Waals surface area contributed by atoms with Crippen LogP contribution in [0.2, 0.25) is 5.02 Å². The third-order valence-electron chi connectivity index (χ3n) is 5.59. The van der Waals surface area contributed by atoms with E-state index in [1.54, 1.807) is 0 Å². The molecule has 0 spiro atoms. The standard InChI is InChI=1S/C21H23BClNO2/c1-20(2)21(3,4)26-22(25-20)16-14-24(13-15-9-6-5-7-10-15)18-12-8-11-17(23)19(16)18/h5-12,14H,13H2,1-4H3. The maximum absolute atomic E-state index is 6.57. The zero-order valence-electron chi connectivity index (χ0n) is 15.6. The molecule has 3 nitrogen and oxygen atoms in total. The number of nitrogens with zero attached hydrogens (tertiary/aromatic N) is 1. The summed E-state index contributed by atoms with van der Waals surface area (Å²) in [5, 5.41) is 1.72. The Balaban J connectivity index is 1.81. The van der Waals surface area contributed by atoms with Crippen LogP contribution in [0, 0.1) is 0 Å². The molecule has 1 fully saturated rings. The maximum Gasteiger partial charge on any atom is 0.497 e. The lowest BCUT2D eigenvalue weighted by molar-refractivity contribution is 0.00578. The molecule has 0 unspecified atom stereocenters. The SMILES string of the molecule is CC1(C)OB(c2cn(Cc3ccccc3)c3cccc(Cl)c23)OC1(C)C. The Hall–Kier alpha value is -1.75. The molecule has 0 saturated carbocycles. The molecular weight excluding hydrogens is 345 g/mol. The number of hydrogen-bond acceptors (Lipinski definition) is 2. The fraction of sp³-hybridized carbons (Fsp3) is 0.333. The molecule has 0 aliphatic carbocycles. The molecular formula is C21H23BClNO2. The van der Waals surface area contributed by atoms with Crippen LogP contribution in [0.4, 0.5) is 0 Å². The summed E-state index contributed by atoms with van der Waals surface area (Å²) in [6.45, 7) is 9.04. The summed E-state index contributed by atoms with van der Waals surface area (Å²) in [7, 11) is -0.431. The quantitative estimate of drug-likeness (QED) is 0.629. The van der Waals surface area contributed by atoms with Crippen LogP contribution in [-0.2, 0) is 15.9 Å². The minimum Gasteiger partial charge on any atom is -0.399 e. The summed E-state index contributed by atoms with van der Waals surface area (Å²) in [5.74, 6) is 0. The molecule has 0 amide bonds. The zero-order chi connectivity index (χ0) is 18.5. The van der Waals surface area contributed by atoms with Crippen molar-refractivity contribution in [1.29, 1.82) is 0 Å². The Kier molecular flexibility index (Phi) is 4.18. The second kappa shape index (κ2) is 6.16. The topological polar surface area (TPSA) is 23.4 Å². The smallest absolute Gasteiger partial charge is 0.399 e. The van der Waals surface area contributed by atoms with Crippen LogP contribution in [-0.4, -0.2) is 22.9 Å². The van der Waals surface area contributed by atoms with Gasteiger partial charge in [-0.3, -0.25) is 0 Å². The van der Waals surface area contributed by atoms with Gasteiger partial charge in [0.05, 0.1) is 11.2 Å². The molecule has 0 radical (unpaired) electrons. The van der Waals surface area contributed by atoms with Gasteiger partial charge in [-0.05, 0) is 45.4 Å². The number of hydrogen-bond donors (Lipinski definition) is 0. The molecule has 0 atom stereocenters. The summed E-state index contributed by atoms with van der Waals surface area (Å²) in [6.07, 6.45) is 2.12. The van der Waals surface area contributed by atoms with Gasteiger partial charge in [0.15, 0.2) is 0 Å². The second-order valence-corrected chi connectivity index (χ2v) is 8.33. The molecule has 0 N–H and O–H groups in total. The Morgan fingerprint density at radius 3 is 2.23 bits per heavy atom. The van der Waals surface area contributed by atoms with Gasteiger partial charge in [0.2, 0.25) is 0 Å². The maximum atomic E-state index is 6.57. The molecule has 2 aromatic carbocycles. The molecule has 1 aromatic heterocycles. The van der Waals surface area contributed by atoms with Gasteiger partial charge in [-0.2, -0.15) is 0 Å². The van der Waals surface area contributed by atoms with Crippen molar-refractivity contribution in [1.82, 2.24) is 4.57 Å². The average molecular weight is 368 g/mol. The van der Waals surface area contributed by atoms with E-state index in [2.05, 4.69) is 68.8 Å². The van der Waals surface area contributed by atoms with E-state index in [9.17, 15) is 0 Å². The highest BCUT2D eigenvalue weighted by molar-refractivity contribution is 6.66. The van der Waals surface area contributed by atoms with E-state index in [0.717, 1.165) is 27.9 Å². The van der Waals surface area contributed by atoms with Crippen molar-refractivity contribution in [2.24, 2.45) is 0 Å². The van der Waals surface area contributed by atoms with Gasteiger partial charge in [0.25, 0.3) is 0 Å². The summed E-state index contributed by atoms with van der Waals surface area (Å²) in [4.78, 5) is 0. The first-order valence-electron chi connectivity index (χ1n) is 8.95. The summed E-state index contributed by atoms with van der Waals surface area (Å²) < 4.78 is 14.8. The number of halogens is 1. The predicted molar refractivity (Wildman–Crippen MR) is 108 cm³/mol. The normalized spacial score (nSPS) is 18.6. The molecule has 1 saturated heterocycles. The summed E-state index contributed by atoms with van der Waals surface area (Å²) >= 11 is 6.57. The lowest BCUT2D eigenvalue weighted by Crippen LogP contribution is -2.41. The largest absolute Gasteiger partial charge is 0.497 e. The molecule has 3 aromatic rings. The molecule has 2 heterocycles. The van der Waals surface area contributed by atoms with E-state index in [-0.39, 0.29) is 11.2 Å². The second-order valence-electron chi connectivity index (χ2n) is 7.92. The molecule has 5 heteroatoms. The van der Waals surface area contributed by atoms with Crippen LogP contribution < -0.4 is 5.46 Å². The van der Waals surface area contributed by atoms with Gasteiger partial charge in [-0.25, -0.2) is 0 Å². The molecule has 1 aliphatic heterocycles. The van der Waals surface area contributed by atoms with Crippen LogP contribution in [0.25, 0.3) is 10.9 Å². The van der Waals surface area contributed by atoms with Crippen molar-refractivity contribution in [3.63, 3.8) is 0 Å². The Bertz CT molecular complexity index is 933. The molecule has 4 rings (SSSR count). The van der Waals surface area contributed by atoms with Crippen molar-refractivity contribution >= 4 is 35.1 Å². The Morgan fingerprint density at radius 2 is 1.58 bits per heavy atom. The Morgan fingerprint density at radius 1 is 0.923 bits per heavy atom. The Labute approximate surface area is 160 Å². The van der Waals surface area contributed by atoms with Crippen molar-refractivity contribution in [2.45, 2.75) is 45.4 Å². The van der Waals surface area contributed by atoms with Crippen LogP contribution in [0.1, 0.15) is 33.3 Å².